The second-order valence-electron chi connectivity index (χ2n) is 9.37. The Morgan fingerprint density at radius 1 is 1.21 bits per heavy atom. The van der Waals surface area contributed by atoms with Gasteiger partial charge in [0.05, 0.1) is 29.8 Å². The number of nitrogens with zero attached hydrogens (tertiary/aromatic N) is 3. The van der Waals surface area contributed by atoms with E-state index in [1.165, 1.54) is 30.3 Å². The van der Waals surface area contributed by atoms with Crippen molar-refractivity contribution in [3.63, 3.8) is 0 Å². The molecule has 0 bridgehead atoms. The number of amides is 1. The fraction of sp³-hybridized carbons (Fsp3) is 0.500. The molecular formula is C26H32FN3O3S. The lowest BCUT2D eigenvalue weighted by atomic mass is 9.93. The van der Waals surface area contributed by atoms with E-state index in [9.17, 15) is 14.0 Å². The topological polar surface area (TPSA) is 62.2 Å². The number of rotatable bonds is 6. The zero-order valence-corrected chi connectivity index (χ0v) is 21.0. The molecule has 0 saturated heterocycles. The molecule has 2 aliphatic heterocycles. The second kappa shape index (κ2) is 10.3. The summed E-state index contributed by atoms with van der Waals surface area (Å²) in [6.45, 7) is 5.39. The van der Waals surface area contributed by atoms with Crippen molar-refractivity contribution in [3.05, 3.63) is 58.0 Å². The third-order valence-corrected chi connectivity index (χ3v) is 7.49. The van der Waals surface area contributed by atoms with Gasteiger partial charge >= 0.3 is 5.97 Å². The smallest absolute Gasteiger partial charge is 0.338 e. The summed E-state index contributed by atoms with van der Waals surface area (Å²) in [5.74, 6) is -0.752. The third-order valence-electron chi connectivity index (χ3n) is 6.60. The number of allylic oxidation sites excluding steroid dienone is 1. The molecule has 3 aliphatic rings. The Morgan fingerprint density at radius 3 is 2.53 bits per heavy atom. The average molecular weight is 486 g/mol. The molecule has 1 fully saturated rings. The molecule has 0 spiro atoms. The summed E-state index contributed by atoms with van der Waals surface area (Å²) in [4.78, 5) is 34.9. The lowest BCUT2D eigenvalue weighted by Gasteiger charge is -2.37. The third kappa shape index (κ3) is 5.06. The second-order valence-corrected chi connectivity index (χ2v) is 10.2. The Morgan fingerprint density at radius 2 is 1.88 bits per heavy atom. The van der Waals surface area contributed by atoms with Crippen molar-refractivity contribution in [2.24, 2.45) is 4.99 Å². The fourth-order valence-corrected chi connectivity index (χ4v) is 5.78. The fourth-order valence-electron chi connectivity index (χ4n) is 4.82. The molecule has 0 aromatic heterocycles. The highest BCUT2D eigenvalue weighted by molar-refractivity contribution is 8.16. The summed E-state index contributed by atoms with van der Waals surface area (Å²) in [7, 11) is 1.89. The number of fused-ring (bicyclic) bond motifs is 1. The summed E-state index contributed by atoms with van der Waals surface area (Å²) < 4.78 is 19.3. The van der Waals surface area contributed by atoms with Crippen LogP contribution >= 0.6 is 11.8 Å². The summed E-state index contributed by atoms with van der Waals surface area (Å²) in [6, 6.07) is 5.85. The molecule has 1 atom stereocenters. The van der Waals surface area contributed by atoms with E-state index in [0.717, 1.165) is 36.9 Å². The molecule has 182 valence electrons. The van der Waals surface area contributed by atoms with Gasteiger partial charge < -0.3 is 14.5 Å². The summed E-state index contributed by atoms with van der Waals surface area (Å²) in [5.41, 5.74) is 2.50. The molecule has 1 amide bonds. The molecule has 1 aromatic carbocycles. The molecule has 1 saturated carbocycles. The molecule has 2 heterocycles. The van der Waals surface area contributed by atoms with Crippen molar-refractivity contribution in [1.82, 2.24) is 9.80 Å². The zero-order valence-electron chi connectivity index (χ0n) is 20.2. The molecule has 1 aliphatic carbocycles. The van der Waals surface area contributed by atoms with Crippen molar-refractivity contribution in [1.29, 1.82) is 0 Å². The number of aliphatic imine (C=N–C) groups is 1. The largest absolute Gasteiger partial charge is 0.459 e. The quantitative estimate of drug-likeness (QED) is 0.496. The molecular weight excluding hydrogens is 453 g/mol. The minimum absolute atomic E-state index is 0.0513. The lowest BCUT2D eigenvalue weighted by molar-refractivity contribution is -0.143. The number of thioether (sulfide) groups is 1. The molecule has 34 heavy (non-hydrogen) atoms. The van der Waals surface area contributed by atoms with E-state index in [-0.39, 0.29) is 30.3 Å². The van der Waals surface area contributed by atoms with Crippen LogP contribution in [0, 0.1) is 5.82 Å². The van der Waals surface area contributed by atoms with Crippen molar-refractivity contribution >= 4 is 28.8 Å². The van der Waals surface area contributed by atoms with Gasteiger partial charge in [-0.15, -0.1) is 0 Å². The number of hydrogen-bond acceptors (Lipinski definition) is 6. The van der Waals surface area contributed by atoms with Crippen LogP contribution in [0.1, 0.15) is 70.9 Å². The Kier molecular flexibility index (Phi) is 7.45. The Hall–Kier alpha value is -2.61. The number of benzene rings is 1. The molecule has 8 heteroatoms. The van der Waals surface area contributed by atoms with E-state index in [4.69, 9.17) is 4.74 Å². The number of ether oxygens (including phenoxy) is 1. The van der Waals surface area contributed by atoms with Crippen LogP contribution in [0.25, 0.3) is 0 Å². The molecule has 0 N–H and O–H groups in total. The highest BCUT2D eigenvalue weighted by atomic mass is 32.2. The maximum atomic E-state index is 13.7. The number of halogens is 1. The number of esters is 1. The van der Waals surface area contributed by atoms with Gasteiger partial charge in [-0.25, -0.2) is 14.2 Å². The van der Waals surface area contributed by atoms with Crippen molar-refractivity contribution in [2.75, 3.05) is 7.05 Å². The Bertz CT molecular complexity index is 1040. The van der Waals surface area contributed by atoms with Crippen LogP contribution in [0.15, 0.2) is 51.6 Å². The zero-order chi connectivity index (χ0) is 24.4. The first-order valence-electron chi connectivity index (χ1n) is 11.9. The van der Waals surface area contributed by atoms with Crippen LogP contribution in [0.4, 0.5) is 4.39 Å². The lowest BCUT2D eigenvalue weighted by Crippen LogP contribution is -2.41. The van der Waals surface area contributed by atoms with E-state index in [1.54, 1.807) is 32.9 Å². The average Bonchev–Trinajstić information content (AvgIpc) is 3.20. The highest BCUT2D eigenvalue weighted by Gasteiger charge is 2.41. The van der Waals surface area contributed by atoms with Gasteiger partial charge in [0.25, 0.3) is 0 Å². The standard InChI is InChI=1S/C26H32FN3O3S/c1-16(2)33-25(32)23-17(3)28-26-30(24(23)18-10-12-19(27)13-11-18)21(15-34-26)14-22(31)29(4)20-8-6-5-7-9-20/h10-13,15-16,20,24H,5-9,14H2,1-4H3. The number of hydrogen-bond donors (Lipinski definition) is 0. The van der Waals surface area contributed by atoms with Gasteiger partial charge in [-0.1, -0.05) is 43.2 Å². The minimum Gasteiger partial charge on any atom is -0.459 e. The molecule has 1 aromatic rings. The first-order valence-corrected chi connectivity index (χ1v) is 12.8. The predicted molar refractivity (Wildman–Crippen MR) is 132 cm³/mol. The maximum absolute atomic E-state index is 13.7. The van der Waals surface area contributed by atoms with Gasteiger partial charge in [0.1, 0.15) is 5.82 Å². The van der Waals surface area contributed by atoms with Gasteiger partial charge in [0.2, 0.25) is 5.91 Å². The van der Waals surface area contributed by atoms with Crippen LogP contribution in [-0.2, 0) is 14.3 Å². The summed E-state index contributed by atoms with van der Waals surface area (Å²) >= 11 is 1.44. The van der Waals surface area contributed by atoms with Crippen molar-refractivity contribution < 1.29 is 18.7 Å². The molecule has 1 unspecified atom stereocenters. The molecule has 6 nitrogen and oxygen atoms in total. The number of carbonyl (C=O) groups is 2. The van der Waals surface area contributed by atoms with Crippen molar-refractivity contribution in [2.45, 2.75) is 77.5 Å². The SMILES string of the molecule is CC1=C(C(=O)OC(C)C)C(c2ccc(F)cc2)N2C(CC(=O)N(C)C3CCCCC3)=CSC2=N1. The van der Waals surface area contributed by atoms with Crippen LogP contribution < -0.4 is 0 Å². The number of amidine groups is 1. The van der Waals surface area contributed by atoms with E-state index < -0.39 is 12.0 Å². The van der Waals surface area contributed by atoms with Gasteiger partial charge in [0, 0.05) is 18.8 Å². The van der Waals surface area contributed by atoms with Gasteiger partial charge in [-0.3, -0.25) is 4.79 Å². The first-order chi connectivity index (χ1) is 16.3. The van der Waals surface area contributed by atoms with Gasteiger partial charge in [-0.05, 0) is 56.7 Å². The highest BCUT2D eigenvalue weighted by Crippen LogP contribution is 2.45. The monoisotopic (exact) mass is 485 g/mol. The molecule has 4 rings (SSSR count). The van der Waals surface area contributed by atoms with Crippen LogP contribution in [0.5, 0.6) is 0 Å². The van der Waals surface area contributed by atoms with Crippen LogP contribution in [0.2, 0.25) is 0 Å². The van der Waals surface area contributed by atoms with Gasteiger partial charge in [-0.2, -0.15) is 0 Å². The maximum Gasteiger partial charge on any atom is 0.338 e. The summed E-state index contributed by atoms with van der Waals surface area (Å²) in [6.07, 6.45) is 5.54. The normalized spacial score (nSPS) is 20.8. The predicted octanol–water partition coefficient (Wildman–Crippen LogP) is 5.53. The van der Waals surface area contributed by atoms with Crippen molar-refractivity contribution in [3.8, 4) is 0 Å². The minimum atomic E-state index is -0.548. The van der Waals surface area contributed by atoms with Crippen LogP contribution in [0.3, 0.4) is 0 Å². The van der Waals surface area contributed by atoms with E-state index in [2.05, 4.69) is 4.99 Å². The van der Waals surface area contributed by atoms with Gasteiger partial charge in [0.15, 0.2) is 5.17 Å². The first kappa shape index (κ1) is 24.5. The Labute approximate surface area is 204 Å². The summed E-state index contributed by atoms with van der Waals surface area (Å²) in [5, 5.41) is 2.64. The van der Waals surface area contributed by atoms with E-state index in [1.807, 2.05) is 22.3 Å². The van der Waals surface area contributed by atoms with Crippen LogP contribution in [-0.4, -0.2) is 46.0 Å². The molecule has 0 radical (unpaired) electrons. The Balaban J connectivity index is 1.65. The van der Waals surface area contributed by atoms with E-state index >= 15 is 0 Å². The van der Waals surface area contributed by atoms with E-state index in [0.29, 0.717) is 16.4 Å². The number of carbonyl (C=O) groups excluding carboxylic acids is 2.